The van der Waals surface area contributed by atoms with Gasteiger partial charge in [-0.05, 0) is 24.4 Å². The zero-order chi connectivity index (χ0) is 12.8. The van der Waals surface area contributed by atoms with Crippen LogP contribution in [-0.2, 0) is 11.2 Å². The third kappa shape index (κ3) is 5.50. The number of nitrogens with one attached hydrogen (secondary N) is 1. The van der Waals surface area contributed by atoms with Crippen molar-refractivity contribution in [3.8, 4) is 10.8 Å². The summed E-state index contributed by atoms with van der Waals surface area (Å²) in [6.45, 7) is 1.18. The molecule has 2 aromatic rings. The fourth-order valence-corrected chi connectivity index (χ4v) is 2.11. The molecule has 112 valence electrons. The van der Waals surface area contributed by atoms with E-state index in [1.54, 1.807) is 11.3 Å². The van der Waals surface area contributed by atoms with Gasteiger partial charge in [0.1, 0.15) is 6.26 Å². The number of nitrogens with zero attached hydrogens (tertiary/aromatic N) is 1. The van der Waals surface area contributed by atoms with Crippen molar-refractivity contribution in [1.82, 2.24) is 10.3 Å². The van der Waals surface area contributed by atoms with Crippen molar-refractivity contribution in [2.45, 2.75) is 12.8 Å². The molecule has 2 heterocycles. The Balaban J connectivity index is 0.00000180. The summed E-state index contributed by atoms with van der Waals surface area (Å²) in [5.74, 6) is 0.504. The average molecular weight is 338 g/mol. The molecule has 0 aliphatic heterocycles. The van der Waals surface area contributed by atoms with Gasteiger partial charge in [-0.2, -0.15) is 0 Å². The van der Waals surface area contributed by atoms with E-state index in [0.717, 1.165) is 11.3 Å². The average Bonchev–Trinajstić information content (AvgIpc) is 2.98. The van der Waals surface area contributed by atoms with Gasteiger partial charge in [-0.25, -0.2) is 4.98 Å². The van der Waals surface area contributed by atoms with Gasteiger partial charge in [0.15, 0.2) is 0 Å². The first kappa shape index (κ1) is 18.9. The van der Waals surface area contributed by atoms with E-state index >= 15 is 0 Å². The van der Waals surface area contributed by atoms with E-state index in [1.807, 2.05) is 17.5 Å². The molecule has 0 aliphatic rings. The molecule has 0 fully saturated rings. The molecule has 0 atom stereocenters. The maximum atomic E-state index is 11.6. The number of carbonyl (C=O) groups excluding carboxylic acids is 1. The number of hydrogen-bond donors (Lipinski definition) is 2. The van der Waals surface area contributed by atoms with Crippen LogP contribution >= 0.6 is 36.2 Å². The number of thiophene rings is 1. The highest BCUT2D eigenvalue weighted by atomic mass is 35.5. The van der Waals surface area contributed by atoms with E-state index in [2.05, 4.69) is 10.3 Å². The van der Waals surface area contributed by atoms with Crippen LogP contribution in [0.5, 0.6) is 0 Å². The lowest BCUT2D eigenvalue weighted by Crippen LogP contribution is -2.27. The Morgan fingerprint density at radius 3 is 2.90 bits per heavy atom. The molecule has 2 aromatic heterocycles. The Kier molecular flexibility index (Phi) is 9.24. The van der Waals surface area contributed by atoms with Crippen LogP contribution in [0.3, 0.4) is 0 Å². The van der Waals surface area contributed by atoms with Crippen LogP contribution in [0.2, 0.25) is 0 Å². The van der Waals surface area contributed by atoms with Gasteiger partial charge < -0.3 is 15.5 Å². The summed E-state index contributed by atoms with van der Waals surface area (Å²) in [7, 11) is 0. The second kappa shape index (κ2) is 9.77. The van der Waals surface area contributed by atoms with E-state index in [4.69, 9.17) is 10.2 Å². The number of carbonyl (C=O) groups is 1. The molecular weight excluding hydrogens is 321 g/mol. The molecule has 5 nitrogen and oxygen atoms in total. The number of halogens is 2. The predicted octanol–water partition coefficient (Wildman–Crippen LogP) is 2.25. The quantitative estimate of drug-likeness (QED) is 0.792. The largest absolute Gasteiger partial charge is 0.444 e. The van der Waals surface area contributed by atoms with Gasteiger partial charge in [-0.15, -0.1) is 36.2 Å². The van der Waals surface area contributed by atoms with Crippen LogP contribution in [0.4, 0.5) is 0 Å². The summed E-state index contributed by atoms with van der Waals surface area (Å²) < 4.78 is 5.33. The van der Waals surface area contributed by atoms with Crippen molar-refractivity contribution >= 4 is 42.1 Å². The number of rotatable bonds is 6. The van der Waals surface area contributed by atoms with Crippen LogP contribution in [0.15, 0.2) is 28.2 Å². The maximum Gasteiger partial charge on any atom is 0.236 e. The first-order chi connectivity index (χ1) is 8.79. The Morgan fingerprint density at radius 2 is 2.25 bits per heavy atom. The predicted molar refractivity (Wildman–Crippen MR) is 84.7 cm³/mol. The molecule has 1 amide bonds. The molecule has 0 unspecified atom stereocenters. The van der Waals surface area contributed by atoms with Crippen molar-refractivity contribution in [2.75, 3.05) is 13.1 Å². The molecule has 0 spiro atoms. The fourth-order valence-electron chi connectivity index (χ4n) is 1.46. The SMILES string of the molecule is Cl.Cl.NCCCNC(=O)Cc1coc(-c2cccs2)n1. The van der Waals surface area contributed by atoms with Crippen molar-refractivity contribution in [1.29, 1.82) is 0 Å². The highest BCUT2D eigenvalue weighted by Gasteiger charge is 2.10. The number of amides is 1. The van der Waals surface area contributed by atoms with Gasteiger partial charge in [0.25, 0.3) is 0 Å². The molecule has 0 bridgehead atoms. The summed E-state index contributed by atoms with van der Waals surface area (Å²) in [4.78, 5) is 16.8. The first-order valence-electron chi connectivity index (χ1n) is 5.74. The second-order valence-electron chi connectivity index (χ2n) is 3.79. The molecule has 0 saturated heterocycles. The number of aromatic nitrogens is 1. The molecule has 8 heteroatoms. The standard InChI is InChI=1S/C12H15N3O2S.2ClH/c13-4-2-5-14-11(16)7-9-8-17-12(15-9)10-3-1-6-18-10;;/h1,3,6,8H,2,4-5,7,13H2,(H,14,16);2*1H. The van der Waals surface area contributed by atoms with Crippen molar-refractivity contribution in [3.05, 3.63) is 29.5 Å². The lowest BCUT2D eigenvalue weighted by atomic mass is 10.3. The highest BCUT2D eigenvalue weighted by Crippen LogP contribution is 2.23. The van der Waals surface area contributed by atoms with Crippen LogP contribution in [0.25, 0.3) is 10.8 Å². The van der Waals surface area contributed by atoms with Gasteiger partial charge in [-0.3, -0.25) is 4.79 Å². The summed E-state index contributed by atoms with van der Waals surface area (Å²) in [6, 6.07) is 3.87. The molecule has 0 aromatic carbocycles. The first-order valence-corrected chi connectivity index (χ1v) is 6.62. The van der Waals surface area contributed by atoms with Crippen LogP contribution in [0, 0.1) is 0 Å². The Labute approximate surface area is 133 Å². The highest BCUT2D eigenvalue weighted by molar-refractivity contribution is 7.13. The summed E-state index contributed by atoms with van der Waals surface area (Å²) in [5.41, 5.74) is 5.99. The van der Waals surface area contributed by atoms with E-state index in [9.17, 15) is 4.79 Å². The van der Waals surface area contributed by atoms with Crippen LogP contribution < -0.4 is 11.1 Å². The van der Waals surface area contributed by atoms with Crippen molar-refractivity contribution in [3.63, 3.8) is 0 Å². The molecule has 20 heavy (non-hydrogen) atoms. The molecule has 0 radical (unpaired) electrons. The van der Waals surface area contributed by atoms with Crippen molar-refractivity contribution in [2.24, 2.45) is 5.73 Å². The zero-order valence-electron chi connectivity index (χ0n) is 10.7. The number of oxazole rings is 1. The van der Waals surface area contributed by atoms with Crippen LogP contribution in [-0.4, -0.2) is 24.0 Å². The van der Waals surface area contributed by atoms with Gasteiger partial charge in [-0.1, -0.05) is 6.07 Å². The van der Waals surface area contributed by atoms with E-state index in [1.165, 1.54) is 6.26 Å². The molecule has 2 rings (SSSR count). The number of nitrogens with two attached hydrogens (primary N) is 1. The lowest BCUT2D eigenvalue weighted by Gasteiger charge is -2.01. The topological polar surface area (TPSA) is 81.1 Å². The van der Waals surface area contributed by atoms with E-state index < -0.39 is 0 Å². The van der Waals surface area contributed by atoms with Crippen molar-refractivity contribution < 1.29 is 9.21 Å². The van der Waals surface area contributed by atoms with Crippen LogP contribution in [0.1, 0.15) is 12.1 Å². The van der Waals surface area contributed by atoms with Gasteiger partial charge in [0, 0.05) is 6.54 Å². The summed E-state index contributed by atoms with van der Waals surface area (Å²) in [6.07, 6.45) is 2.54. The third-order valence-electron chi connectivity index (χ3n) is 2.33. The lowest BCUT2D eigenvalue weighted by molar-refractivity contribution is -0.120. The molecule has 0 aliphatic carbocycles. The zero-order valence-corrected chi connectivity index (χ0v) is 13.2. The molecular formula is C12H17Cl2N3O2S. The smallest absolute Gasteiger partial charge is 0.236 e. The monoisotopic (exact) mass is 337 g/mol. The summed E-state index contributed by atoms with van der Waals surface area (Å²) in [5, 5.41) is 4.74. The normalized spacial score (nSPS) is 9.45. The fraction of sp³-hybridized carbons (Fsp3) is 0.333. The maximum absolute atomic E-state index is 11.6. The minimum Gasteiger partial charge on any atom is -0.444 e. The van der Waals surface area contributed by atoms with Gasteiger partial charge >= 0.3 is 0 Å². The second-order valence-corrected chi connectivity index (χ2v) is 4.74. The Morgan fingerprint density at radius 1 is 1.45 bits per heavy atom. The van der Waals surface area contributed by atoms with Gasteiger partial charge in [0.05, 0.1) is 17.0 Å². The third-order valence-corrected chi connectivity index (χ3v) is 3.19. The summed E-state index contributed by atoms with van der Waals surface area (Å²) >= 11 is 1.55. The van der Waals surface area contributed by atoms with E-state index in [-0.39, 0.29) is 37.1 Å². The minimum atomic E-state index is -0.0607. The van der Waals surface area contributed by atoms with Gasteiger partial charge in [0.2, 0.25) is 11.8 Å². The molecule has 3 N–H and O–H groups in total. The Bertz CT molecular complexity index is 503. The number of hydrogen-bond acceptors (Lipinski definition) is 5. The Hall–Kier alpha value is -1.08. The minimum absolute atomic E-state index is 0. The molecule has 0 saturated carbocycles. The van der Waals surface area contributed by atoms with E-state index in [0.29, 0.717) is 24.7 Å².